The Bertz CT molecular complexity index is 1730. The van der Waals surface area contributed by atoms with Gasteiger partial charge in [0, 0.05) is 18.3 Å². The summed E-state index contributed by atoms with van der Waals surface area (Å²) in [5.41, 5.74) is 3.00. The average molecular weight is 623 g/mol. The van der Waals surface area contributed by atoms with Crippen molar-refractivity contribution in [3.05, 3.63) is 119 Å². The molecule has 8 nitrogen and oxygen atoms in total. The van der Waals surface area contributed by atoms with Crippen LogP contribution >= 0.6 is 11.6 Å². The molecule has 44 heavy (non-hydrogen) atoms. The van der Waals surface area contributed by atoms with Crippen LogP contribution in [0.4, 0.5) is 0 Å². The molecule has 0 fully saturated rings. The van der Waals surface area contributed by atoms with Crippen molar-refractivity contribution in [1.82, 2.24) is 25.3 Å². The van der Waals surface area contributed by atoms with Gasteiger partial charge in [-0.2, -0.15) is 15.5 Å². The van der Waals surface area contributed by atoms with E-state index < -0.39 is 8.32 Å². The molecule has 0 aliphatic heterocycles. The van der Waals surface area contributed by atoms with Crippen molar-refractivity contribution >= 4 is 36.2 Å². The van der Waals surface area contributed by atoms with Crippen LogP contribution in [0.3, 0.4) is 0 Å². The smallest absolute Gasteiger partial charge is 0.271 e. The molecule has 0 aliphatic rings. The Balaban J connectivity index is 1.26. The Hall–Kier alpha value is -4.49. The third-order valence-corrected chi connectivity index (χ3v) is 13.1. The molecule has 0 spiro atoms. The van der Waals surface area contributed by atoms with Crippen LogP contribution in [0.5, 0.6) is 0 Å². The van der Waals surface area contributed by atoms with E-state index >= 15 is 0 Å². The lowest BCUT2D eigenvalue weighted by molar-refractivity contribution is 0.0947. The predicted molar refractivity (Wildman–Crippen MR) is 175 cm³/mol. The molecule has 5 aromatic rings. The lowest BCUT2D eigenvalue weighted by atomic mass is 10.1. The fourth-order valence-electron chi connectivity index (χ4n) is 5.46. The van der Waals surface area contributed by atoms with Gasteiger partial charge in [0.05, 0.1) is 34.6 Å². The summed E-state index contributed by atoms with van der Waals surface area (Å²) >= 11 is 6.17. The number of nitriles is 1. The Labute approximate surface area is 263 Å². The summed E-state index contributed by atoms with van der Waals surface area (Å²) in [4.78, 5) is 13.0. The summed E-state index contributed by atoms with van der Waals surface area (Å²) < 4.78 is 8.90. The van der Waals surface area contributed by atoms with Gasteiger partial charge in [0.2, 0.25) is 0 Å². The third-order valence-electron chi connectivity index (χ3n) is 7.69. The Morgan fingerprint density at radius 3 is 2.30 bits per heavy atom. The molecule has 2 N–H and O–H groups in total. The van der Waals surface area contributed by atoms with Gasteiger partial charge in [-0.15, -0.1) is 0 Å². The zero-order chi connectivity index (χ0) is 31.3. The van der Waals surface area contributed by atoms with Gasteiger partial charge in [0.15, 0.2) is 0 Å². The number of halogens is 1. The highest BCUT2D eigenvalue weighted by atomic mass is 35.5. The van der Waals surface area contributed by atoms with Crippen molar-refractivity contribution in [2.45, 2.75) is 45.4 Å². The Morgan fingerprint density at radius 1 is 1.05 bits per heavy atom. The maximum absolute atomic E-state index is 13.0. The van der Waals surface area contributed by atoms with Crippen LogP contribution < -0.4 is 15.7 Å². The van der Waals surface area contributed by atoms with E-state index in [0.29, 0.717) is 29.4 Å². The van der Waals surface area contributed by atoms with Crippen LogP contribution in [0.15, 0.2) is 97.2 Å². The van der Waals surface area contributed by atoms with E-state index in [9.17, 15) is 4.79 Å². The summed E-state index contributed by atoms with van der Waals surface area (Å²) in [6, 6.07) is 31.8. The fraction of sp³-hybridized carbons (Fsp3) is 0.235. The zero-order valence-electron chi connectivity index (χ0n) is 25.2. The van der Waals surface area contributed by atoms with Gasteiger partial charge in [-0.3, -0.25) is 14.6 Å². The van der Waals surface area contributed by atoms with Crippen LogP contribution in [0.1, 0.15) is 55.5 Å². The quantitative estimate of drug-likeness (QED) is 0.190. The largest absolute Gasteiger partial charge is 0.399 e. The van der Waals surface area contributed by atoms with Crippen molar-refractivity contribution in [1.29, 1.82) is 5.26 Å². The summed E-state index contributed by atoms with van der Waals surface area (Å²) in [5.74, 6) is -0.281. The summed E-state index contributed by atoms with van der Waals surface area (Å²) in [6.45, 7) is 9.55. The van der Waals surface area contributed by atoms with E-state index in [1.165, 1.54) is 10.4 Å². The number of amides is 1. The average Bonchev–Trinajstić information content (AvgIpc) is 3.71. The summed E-state index contributed by atoms with van der Waals surface area (Å²) in [6.07, 6.45) is 1.50. The third kappa shape index (κ3) is 6.38. The van der Waals surface area contributed by atoms with Crippen LogP contribution in [0.25, 0.3) is 11.3 Å². The topological polar surface area (TPSA) is 109 Å². The SMILES string of the molecule is C[C@@H](O[Si](c1ccccc1)(c1ccccc1)C(C)(C)C)c1cc(C(=O)NCCn2ccc(-c3ccc(C#N)c(Cl)c3)n2)n[nH]1. The molecule has 0 unspecified atom stereocenters. The van der Waals surface area contributed by atoms with Crippen molar-refractivity contribution in [2.24, 2.45) is 0 Å². The maximum Gasteiger partial charge on any atom is 0.271 e. The monoisotopic (exact) mass is 622 g/mol. The van der Waals surface area contributed by atoms with Crippen LogP contribution in [-0.4, -0.2) is 40.7 Å². The highest BCUT2D eigenvalue weighted by Gasteiger charge is 2.51. The summed E-state index contributed by atoms with van der Waals surface area (Å²) in [5, 5.41) is 26.5. The number of benzene rings is 3. The second kappa shape index (κ2) is 13.0. The van der Waals surface area contributed by atoms with Crippen LogP contribution in [0.2, 0.25) is 10.1 Å². The highest BCUT2D eigenvalue weighted by molar-refractivity contribution is 6.99. The molecule has 224 valence electrons. The van der Waals surface area contributed by atoms with Gasteiger partial charge < -0.3 is 9.74 Å². The van der Waals surface area contributed by atoms with E-state index in [0.717, 1.165) is 17.0 Å². The van der Waals surface area contributed by atoms with Crippen molar-refractivity contribution in [3.63, 3.8) is 0 Å². The van der Waals surface area contributed by atoms with Crippen molar-refractivity contribution < 1.29 is 9.22 Å². The van der Waals surface area contributed by atoms with E-state index in [1.54, 1.807) is 22.9 Å². The minimum absolute atomic E-state index is 0.178. The first kappa shape index (κ1) is 30.9. The second-order valence-corrected chi connectivity index (χ2v) is 16.3. The number of hydrogen-bond donors (Lipinski definition) is 2. The number of carbonyl (C=O) groups is 1. The zero-order valence-corrected chi connectivity index (χ0v) is 27.0. The molecule has 1 atom stereocenters. The number of aromatic nitrogens is 4. The van der Waals surface area contributed by atoms with Crippen molar-refractivity contribution in [3.8, 4) is 17.3 Å². The molecule has 0 saturated carbocycles. The number of H-pyrrole nitrogens is 1. The molecular weight excluding hydrogens is 588 g/mol. The number of rotatable bonds is 10. The number of aromatic amines is 1. The number of nitrogens with zero attached hydrogens (tertiary/aromatic N) is 4. The molecule has 10 heteroatoms. The Morgan fingerprint density at radius 2 is 1.70 bits per heavy atom. The first-order valence-corrected chi connectivity index (χ1v) is 16.8. The molecule has 2 heterocycles. The van der Waals surface area contributed by atoms with Gasteiger partial charge in [0.25, 0.3) is 14.2 Å². The predicted octanol–water partition coefficient (Wildman–Crippen LogP) is 5.87. The van der Waals surface area contributed by atoms with Gasteiger partial charge in [-0.05, 0) is 46.6 Å². The maximum atomic E-state index is 13.0. The van der Waals surface area contributed by atoms with Gasteiger partial charge >= 0.3 is 0 Å². The number of carbonyl (C=O) groups excluding carboxylic acids is 1. The first-order chi connectivity index (χ1) is 21.1. The number of nitrogens with one attached hydrogen (secondary N) is 2. The van der Waals surface area contributed by atoms with E-state index in [1.807, 2.05) is 37.4 Å². The van der Waals surface area contributed by atoms with E-state index in [4.69, 9.17) is 21.3 Å². The van der Waals surface area contributed by atoms with Gasteiger partial charge in [0.1, 0.15) is 11.8 Å². The molecular formula is C34H35ClN6O2Si. The van der Waals surface area contributed by atoms with E-state index in [2.05, 4.69) is 96.0 Å². The van der Waals surface area contributed by atoms with Gasteiger partial charge in [-0.1, -0.05) is 99.1 Å². The normalized spacial score (nSPS) is 12.5. The Kier molecular flexibility index (Phi) is 9.16. The molecule has 2 aromatic heterocycles. The number of hydrogen-bond acceptors (Lipinski definition) is 5. The fourth-order valence-corrected chi connectivity index (χ4v) is 10.4. The second-order valence-electron chi connectivity index (χ2n) is 11.7. The molecule has 1 amide bonds. The minimum Gasteiger partial charge on any atom is -0.399 e. The minimum atomic E-state index is -2.78. The summed E-state index contributed by atoms with van der Waals surface area (Å²) in [7, 11) is -2.78. The highest BCUT2D eigenvalue weighted by Crippen LogP contribution is 2.39. The molecule has 5 rings (SSSR count). The molecule has 0 aliphatic carbocycles. The van der Waals surface area contributed by atoms with Crippen LogP contribution in [0, 0.1) is 11.3 Å². The van der Waals surface area contributed by atoms with Crippen molar-refractivity contribution in [2.75, 3.05) is 6.54 Å². The lowest BCUT2D eigenvalue weighted by Gasteiger charge is -2.44. The standard InChI is InChI=1S/C34H35ClN6O2Si/c1-24(43-44(34(2,3)4,27-11-7-5-8-12-27)28-13-9-6-10-14-28)31-22-32(39-38-31)33(42)37-18-20-41-19-17-30(40-41)25-15-16-26(23-36)29(35)21-25/h5-17,19,21-22,24H,18,20H2,1-4H3,(H,37,42)(H,38,39)/t24-/m1/s1. The van der Waals surface area contributed by atoms with Gasteiger partial charge in [-0.25, -0.2) is 0 Å². The van der Waals surface area contributed by atoms with E-state index in [-0.39, 0.29) is 17.0 Å². The molecule has 3 aromatic carbocycles. The first-order valence-electron chi connectivity index (χ1n) is 14.5. The van der Waals surface area contributed by atoms with Crippen LogP contribution in [-0.2, 0) is 11.0 Å². The molecule has 0 saturated heterocycles. The lowest BCUT2D eigenvalue weighted by Crippen LogP contribution is -2.66. The molecule has 0 bridgehead atoms. The molecule has 0 radical (unpaired) electrons.